The first kappa shape index (κ1) is 18.7. The van der Waals surface area contributed by atoms with Crippen molar-refractivity contribution >= 4 is 23.6 Å². The summed E-state index contributed by atoms with van der Waals surface area (Å²) in [6.45, 7) is 0.651. The number of fused-ring (bicyclic) bond motifs is 2. The van der Waals surface area contributed by atoms with Gasteiger partial charge in [-0.2, -0.15) is 0 Å². The predicted octanol–water partition coefficient (Wildman–Crippen LogP) is 2.72. The molecule has 8 nitrogen and oxygen atoms in total. The lowest BCUT2D eigenvalue weighted by Crippen LogP contribution is -2.31. The maximum absolute atomic E-state index is 12.5. The third-order valence-electron chi connectivity index (χ3n) is 5.09. The van der Waals surface area contributed by atoms with Crippen molar-refractivity contribution in [3.63, 3.8) is 0 Å². The third kappa shape index (κ3) is 3.11. The number of benzene rings is 2. The van der Waals surface area contributed by atoms with Crippen LogP contribution >= 0.6 is 11.8 Å². The van der Waals surface area contributed by atoms with Crippen LogP contribution in [0.3, 0.4) is 0 Å². The monoisotopic (exact) mass is 422 g/mol. The lowest BCUT2D eigenvalue weighted by molar-refractivity contribution is 0.0664. The van der Waals surface area contributed by atoms with Crippen LogP contribution in [-0.4, -0.2) is 50.4 Å². The molecular formula is C21H18N4O4S. The second-order valence-electron chi connectivity index (χ2n) is 6.92. The molecule has 0 radical (unpaired) electrons. The number of nitrogens with zero attached hydrogens (tertiary/aromatic N) is 4. The highest BCUT2D eigenvalue weighted by Gasteiger charge is 2.34. The molecule has 5 rings (SSSR count). The smallest absolute Gasteiger partial charge is 0.261 e. The average Bonchev–Trinajstić information content (AvgIpc) is 3.26. The summed E-state index contributed by atoms with van der Waals surface area (Å²) in [7, 11) is 1.86. The first-order valence-corrected chi connectivity index (χ1v) is 10.5. The molecule has 0 saturated heterocycles. The summed E-state index contributed by atoms with van der Waals surface area (Å²) in [5.41, 5.74) is 0.923. The fourth-order valence-electron chi connectivity index (χ4n) is 3.55. The molecule has 2 aliphatic rings. The summed E-state index contributed by atoms with van der Waals surface area (Å²) in [5, 5.41) is 9.19. The molecule has 1 unspecified atom stereocenters. The number of hydrogen-bond donors (Lipinski definition) is 0. The van der Waals surface area contributed by atoms with Gasteiger partial charge >= 0.3 is 0 Å². The summed E-state index contributed by atoms with van der Waals surface area (Å²) in [4.78, 5) is 26.2. The first-order chi connectivity index (χ1) is 14.6. The van der Waals surface area contributed by atoms with Gasteiger partial charge in [-0.15, -0.1) is 10.2 Å². The molecule has 30 heavy (non-hydrogen) atoms. The number of thioether (sulfide) groups is 1. The SMILES string of the molecule is Cn1c(SCCN2C(=O)c3ccccc3C2=O)nnc1C1COc2ccccc2O1. The Kier molecular flexibility index (Phi) is 4.66. The van der Waals surface area contributed by atoms with Gasteiger partial charge in [0.25, 0.3) is 11.8 Å². The number of ether oxygens (including phenoxy) is 2. The van der Waals surface area contributed by atoms with Crippen molar-refractivity contribution in [2.45, 2.75) is 11.3 Å². The number of hydrogen-bond acceptors (Lipinski definition) is 7. The van der Waals surface area contributed by atoms with E-state index in [2.05, 4.69) is 10.2 Å². The molecule has 0 aliphatic carbocycles. The van der Waals surface area contributed by atoms with Crippen molar-refractivity contribution in [3.05, 3.63) is 65.5 Å². The quantitative estimate of drug-likeness (QED) is 0.462. The number of carbonyl (C=O) groups excluding carboxylic acids is 2. The maximum atomic E-state index is 12.5. The van der Waals surface area contributed by atoms with Gasteiger partial charge in [-0.1, -0.05) is 36.0 Å². The van der Waals surface area contributed by atoms with E-state index in [-0.39, 0.29) is 17.9 Å². The highest BCUT2D eigenvalue weighted by Crippen LogP contribution is 2.35. The molecule has 0 fully saturated rings. The lowest BCUT2D eigenvalue weighted by atomic mass is 10.1. The molecule has 2 aromatic carbocycles. The second-order valence-corrected chi connectivity index (χ2v) is 7.98. The maximum Gasteiger partial charge on any atom is 0.261 e. The van der Waals surface area contributed by atoms with E-state index in [0.29, 0.717) is 52.5 Å². The number of para-hydroxylation sites is 2. The van der Waals surface area contributed by atoms with Gasteiger partial charge in [0, 0.05) is 19.3 Å². The normalized spacial score (nSPS) is 17.4. The van der Waals surface area contributed by atoms with Gasteiger partial charge in [0.05, 0.1) is 11.1 Å². The van der Waals surface area contributed by atoms with Crippen LogP contribution in [0.2, 0.25) is 0 Å². The minimum Gasteiger partial charge on any atom is -0.485 e. The van der Waals surface area contributed by atoms with E-state index in [0.717, 1.165) is 0 Å². The van der Waals surface area contributed by atoms with Crippen LogP contribution in [0.4, 0.5) is 0 Å². The van der Waals surface area contributed by atoms with Crippen LogP contribution in [0.1, 0.15) is 32.6 Å². The number of rotatable bonds is 5. The van der Waals surface area contributed by atoms with Crippen molar-refractivity contribution in [1.82, 2.24) is 19.7 Å². The molecule has 0 N–H and O–H groups in total. The summed E-state index contributed by atoms with van der Waals surface area (Å²) in [6.07, 6.45) is -0.358. The zero-order valence-electron chi connectivity index (χ0n) is 16.1. The van der Waals surface area contributed by atoms with Gasteiger partial charge in [-0.3, -0.25) is 14.5 Å². The molecule has 1 aromatic heterocycles. The Bertz CT molecular complexity index is 1110. The van der Waals surface area contributed by atoms with Gasteiger partial charge in [0.1, 0.15) is 6.61 Å². The molecule has 0 saturated carbocycles. The summed E-state index contributed by atoms with van der Waals surface area (Å²) in [5.74, 6) is 2.07. The standard InChI is InChI=1S/C21H18N4O4S/c1-24-18(17-12-28-15-8-4-5-9-16(15)29-17)22-23-21(24)30-11-10-25-19(26)13-6-2-3-7-14(13)20(25)27/h2-9,17H,10-12H2,1H3. The molecule has 152 valence electrons. The third-order valence-corrected chi connectivity index (χ3v) is 6.09. The zero-order valence-corrected chi connectivity index (χ0v) is 17.0. The van der Waals surface area contributed by atoms with E-state index in [1.54, 1.807) is 24.3 Å². The second kappa shape index (κ2) is 7.49. The number of amides is 2. The number of imide groups is 1. The number of carbonyl (C=O) groups is 2. The van der Waals surface area contributed by atoms with Crippen LogP contribution < -0.4 is 9.47 Å². The molecular weight excluding hydrogens is 404 g/mol. The Labute approximate surface area is 176 Å². The Morgan fingerprint density at radius 1 is 1.00 bits per heavy atom. The Morgan fingerprint density at radius 3 is 2.40 bits per heavy atom. The highest BCUT2D eigenvalue weighted by molar-refractivity contribution is 7.99. The highest BCUT2D eigenvalue weighted by atomic mass is 32.2. The van der Waals surface area contributed by atoms with E-state index < -0.39 is 0 Å². The van der Waals surface area contributed by atoms with E-state index in [9.17, 15) is 9.59 Å². The summed E-state index contributed by atoms with van der Waals surface area (Å²) < 4.78 is 13.6. The fourth-order valence-corrected chi connectivity index (χ4v) is 4.39. The van der Waals surface area contributed by atoms with Crippen molar-refractivity contribution in [1.29, 1.82) is 0 Å². The predicted molar refractivity (Wildman–Crippen MR) is 109 cm³/mol. The van der Waals surface area contributed by atoms with E-state index in [4.69, 9.17) is 9.47 Å². The van der Waals surface area contributed by atoms with E-state index >= 15 is 0 Å². The van der Waals surface area contributed by atoms with E-state index in [1.165, 1.54) is 16.7 Å². The van der Waals surface area contributed by atoms with Crippen LogP contribution in [0.25, 0.3) is 0 Å². The van der Waals surface area contributed by atoms with Crippen molar-refractivity contribution in [2.24, 2.45) is 7.05 Å². The Hall–Kier alpha value is -3.33. The summed E-state index contributed by atoms with van der Waals surface area (Å²) >= 11 is 1.43. The molecule has 9 heteroatoms. The molecule has 1 atom stereocenters. The summed E-state index contributed by atoms with van der Waals surface area (Å²) in [6, 6.07) is 14.4. The molecule has 0 bridgehead atoms. The minimum atomic E-state index is -0.358. The van der Waals surface area contributed by atoms with Gasteiger partial charge in [-0.25, -0.2) is 0 Å². The molecule has 2 aliphatic heterocycles. The minimum absolute atomic E-state index is 0.249. The average molecular weight is 422 g/mol. The molecule has 3 aromatic rings. The van der Waals surface area contributed by atoms with Crippen LogP contribution in [0, 0.1) is 0 Å². The van der Waals surface area contributed by atoms with Crippen LogP contribution in [0.5, 0.6) is 11.5 Å². The molecule has 0 spiro atoms. The Morgan fingerprint density at radius 2 is 1.67 bits per heavy atom. The van der Waals surface area contributed by atoms with Crippen molar-refractivity contribution < 1.29 is 19.1 Å². The van der Waals surface area contributed by atoms with Crippen molar-refractivity contribution in [2.75, 3.05) is 18.9 Å². The molecule has 2 amide bonds. The lowest BCUT2D eigenvalue weighted by Gasteiger charge is -2.25. The van der Waals surface area contributed by atoms with Gasteiger partial charge in [0.2, 0.25) is 0 Å². The van der Waals surface area contributed by atoms with Crippen LogP contribution in [-0.2, 0) is 7.05 Å². The van der Waals surface area contributed by atoms with Crippen molar-refractivity contribution in [3.8, 4) is 11.5 Å². The fraction of sp³-hybridized carbons (Fsp3) is 0.238. The first-order valence-electron chi connectivity index (χ1n) is 9.49. The van der Waals surface area contributed by atoms with Gasteiger partial charge < -0.3 is 14.0 Å². The van der Waals surface area contributed by atoms with Gasteiger partial charge in [-0.05, 0) is 24.3 Å². The van der Waals surface area contributed by atoms with Crippen LogP contribution in [0.15, 0.2) is 53.7 Å². The number of aromatic nitrogens is 3. The Balaban J connectivity index is 1.23. The van der Waals surface area contributed by atoms with E-state index in [1.807, 2.05) is 35.9 Å². The largest absolute Gasteiger partial charge is 0.485 e. The zero-order chi connectivity index (χ0) is 20.7. The topological polar surface area (TPSA) is 86.6 Å². The van der Waals surface area contributed by atoms with Gasteiger partial charge in [0.15, 0.2) is 28.6 Å². The molecule has 3 heterocycles.